The van der Waals surface area contributed by atoms with Gasteiger partial charge in [-0.1, -0.05) is 13.8 Å². The molecule has 3 N–H and O–H groups in total. The highest BCUT2D eigenvalue weighted by atomic mass is 19.1. The average molecular weight is 393 g/mol. The minimum Gasteiger partial charge on any atom is -0.444 e. The Balaban J connectivity index is 2.02. The summed E-state index contributed by atoms with van der Waals surface area (Å²) in [5.74, 6) is -1.03. The smallest absolute Gasteiger partial charge is 0.245 e. The van der Waals surface area contributed by atoms with Crippen LogP contribution >= 0.6 is 0 Å². The highest BCUT2D eigenvalue weighted by Crippen LogP contribution is 2.56. The zero-order valence-corrected chi connectivity index (χ0v) is 16.4. The number of rotatable bonds is 1. The molecule has 2 aliphatic heterocycles. The summed E-state index contributed by atoms with van der Waals surface area (Å²) >= 11 is 0. The van der Waals surface area contributed by atoms with Crippen LogP contribution in [0.25, 0.3) is 5.70 Å². The number of benzene rings is 1. The Morgan fingerprint density at radius 2 is 1.86 bits per heavy atom. The van der Waals surface area contributed by atoms with Crippen LogP contribution in [0.1, 0.15) is 39.2 Å². The standard InChI is InChI=1S/C22H20FN3O3/c1-11-18(12-4-6-13(23)7-5-12)26-20(28)22(11)14(10-24)19(25)29-16-9-21(2,3)8-15(27)17(16)22/h4-7H,8-9,25H2,1-3H3,(H,26,28). The zero-order valence-electron chi connectivity index (χ0n) is 16.4. The molecule has 0 saturated heterocycles. The van der Waals surface area contributed by atoms with Gasteiger partial charge in [0, 0.05) is 18.5 Å². The molecule has 1 amide bonds. The van der Waals surface area contributed by atoms with Gasteiger partial charge in [0.1, 0.15) is 28.6 Å². The van der Waals surface area contributed by atoms with Gasteiger partial charge in [0.25, 0.3) is 0 Å². The van der Waals surface area contributed by atoms with Crippen LogP contribution in [0.5, 0.6) is 0 Å². The molecule has 6 nitrogen and oxygen atoms in total. The summed E-state index contributed by atoms with van der Waals surface area (Å²) in [5, 5.41) is 12.6. The zero-order chi connectivity index (χ0) is 21.1. The van der Waals surface area contributed by atoms with Crippen molar-refractivity contribution in [2.24, 2.45) is 16.6 Å². The molecule has 148 valence electrons. The number of nitrogens with one attached hydrogen (secondary N) is 1. The minimum absolute atomic E-state index is 0.101. The molecule has 7 heteroatoms. The quantitative estimate of drug-likeness (QED) is 0.763. The molecule has 1 spiro atoms. The second kappa shape index (κ2) is 6.05. The van der Waals surface area contributed by atoms with E-state index >= 15 is 0 Å². The fourth-order valence-corrected chi connectivity index (χ4v) is 4.57. The fraction of sp³-hybridized carbons (Fsp3) is 0.318. The molecule has 0 saturated carbocycles. The summed E-state index contributed by atoms with van der Waals surface area (Å²) in [7, 11) is 0. The maximum atomic E-state index is 13.4. The predicted octanol–water partition coefficient (Wildman–Crippen LogP) is 3.04. The summed E-state index contributed by atoms with van der Waals surface area (Å²) in [6.07, 6.45) is 0.643. The molecule has 1 aliphatic carbocycles. The van der Waals surface area contributed by atoms with Gasteiger partial charge in [0.2, 0.25) is 11.8 Å². The van der Waals surface area contributed by atoms with E-state index in [1.807, 2.05) is 19.9 Å². The summed E-state index contributed by atoms with van der Waals surface area (Å²) in [6.45, 7) is 5.56. The van der Waals surface area contributed by atoms with Crippen LogP contribution in [0, 0.1) is 28.0 Å². The van der Waals surface area contributed by atoms with E-state index in [0.717, 1.165) is 0 Å². The van der Waals surface area contributed by atoms with Crippen LogP contribution < -0.4 is 11.1 Å². The van der Waals surface area contributed by atoms with E-state index in [1.54, 1.807) is 6.92 Å². The third kappa shape index (κ3) is 2.52. The number of fused-ring (bicyclic) bond motifs is 1. The van der Waals surface area contributed by atoms with E-state index in [2.05, 4.69) is 5.32 Å². The summed E-state index contributed by atoms with van der Waals surface area (Å²) in [4.78, 5) is 26.6. The van der Waals surface area contributed by atoms with Crippen molar-refractivity contribution in [1.82, 2.24) is 5.32 Å². The number of hydrogen-bond donors (Lipinski definition) is 2. The summed E-state index contributed by atoms with van der Waals surface area (Å²) < 4.78 is 19.1. The van der Waals surface area contributed by atoms with E-state index in [9.17, 15) is 19.2 Å². The predicted molar refractivity (Wildman–Crippen MR) is 103 cm³/mol. The second-order valence-electron chi connectivity index (χ2n) is 8.40. The first kappa shape index (κ1) is 18.9. The Kier molecular flexibility index (Phi) is 3.95. The molecule has 0 fully saturated rings. The van der Waals surface area contributed by atoms with Crippen molar-refractivity contribution in [3.05, 3.63) is 64.0 Å². The van der Waals surface area contributed by atoms with Gasteiger partial charge < -0.3 is 15.8 Å². The van der Waals surface area contributed by atoms with Crippen LogP contribution in [-0.4, -0.2) is 11.7 Å². The molecule has 3 aliphatic rings. The van der Waals surface area contributed by atoms with Crippen molar-refractivity contribution in [1.29, 1.82) is 5.26 Å². The van der Waals surface area contributed by atoms with Gasteiger partial charge >= 0.3 is 0 Å². The number of hydrogen-bond acceptors (Lipinski definition) is 5. The number of ether oxygens (including phenoxy) is 1. The number of carbonyl (C=O) groups excluding carboxylic acids is 2. The van der Waals surface area contributed by atoms with Gasteiger partial charge in [-0.25, -0.2) is 4.39 Å². The molecular formula is C22H20FN3O3. The Bertz CT molecular complexity index is 1100. The lowest BCUT2D eigenvalue weighted by atomic mass is 9.62. The van der Waals surface area contributed by atoms with Gasteiger partial charge in [-0.05, 0) is 47.7 Å². The SMILES string of the molecule is CC1=C(c2ccc(F)cc2)NC(=O)C12C(C#N)=C(N)OC1=C2C(=O)CC(C)(C)C1. The van der Waals surface area contributed by atoms with E-state index < -0.39 is 17.1 Å². The number of ketones is 1. The molecule has 4 rings (SSSR count). The lowest BCUT2D eigenvalue weighted by Gasteiger charge is -2.41. The third-order valence-corrected chi connectivity index (χ3v) is 5.83. The average Bonchev–Trinajstić information content (AvgIpc) is 2.87. The van der Waals surface area contributed by atoms with Crippen LogP contribution in [0.3, 0.4) is 0 Å². The van der Waals surface area contributed by atoms with Crippen LogP contribution in [-0.2, 0) is 14.3 Å². The number of halogens is 1. The van der Waals surface area contributed by atoms with Crippen molar-refractivity contribution in [3.63, 3.8) is 0 Å². The Labute approximate surface area is 167 Å². The van der Waals surface area contributed by atoms with Crippen molar-refractivity contribution in [2.75, 3.05) is 0 Å². The molecule has 29 heavy (non-hydrogen) atoms. The fourth-order valence-electron chi connectivity index (χ4n) is 4.57. The van der Waals surface area contributed by atoms with Crippen molar-refractivity contribution < 1.29 is 18.7 Å². The summed E-state index contributed by atoms with van der Waals surface area (Å²) in [6, 6.07) is 7.63. The van der Waals surface area contributed by atoms with Crippen molar-refractivity contribution in [3.8, 4) is 6.07 Å². The Morgan fingerprint density at radius 3 is 2.48 bits per heavy atom. The van der Waals surface area contributed by atoms with E-state index in [-0.39, 0.29) is 34.6 Å². The third-order valence-electron chi connectivity index (χ3n) is 5.83. The molecule has 2 heterocycles. The van der Waals surface area contributed by atoms with Crippen LogP contribution in [0.4, 0.5) is 4.39 Å². The number of nitriles is 1. The molecule has 1 aromatic rings. The maximum absolute atomic E-state index is 13.4. The number of nitrogens with zero attached hydrogens (tertiary/aromatic N) is 1. The topological polar surface area (TPSA) is 105 Å². The number of amides is 1. The van der Waals surface area contributed by atoms with Gasteiger partial charge in [-0.3, -0.25) is 9.59 Å². The molecule has 1 aromatic carbocycles. The van der Waals surface area contributed by atoms with Crippen LogP contribution in [0.2, 0.25) is 0 Å². The van der Waals surface area contributed by atoms with Gasteiger partial charge in [-0.15, -0.1) is 0 Å². The Hall–Kier alpha value is -3.40. The van der Waals surface area contributed by atoms with Crippen molar-refractivity contribution >= 4 is 17.4 Å². The number of Topliss-reactive ketones (excluding diaryl/α,β-unsaturated/α-hetero) is 1. The lowest BCUT2D eigenvalue weighted by molar-refractivity contribution is -0.128. The highest BCUT2D eigenvalue weighted by Gasteiger charge is 2.60. The molecule has 0 bridgehead atoms. The minimum atomic E-state index is -1.64. The Morgan fingerprint density at radius 1 is 1.21 bits per heavy atom. The lowest BCUT2D eigenvalue weighted by Crippen LogP contribution is -2.46. The van der Waals surface area contributed by atoms with Crippen LogP contribution in [0.15, 0.2) is 52.6 Å². The molecule has 1 atom stereocenters. The normalized spacial score (nSPS) is 25.8. The van der Waals surface area contributed by atoms with Gasteiger partial charge in [0.15, 0.2) is 5.78 Å². The van der Waals surface area contributed by atoms with E-state index in [0.29, 0.717) is 29.0 Å². The van der Waals surface area contributed by atoms with E-state index in [1.165, 1.54) is 24.3 Å². The van der Waals surface area contributed by atoms with Gasteiger partial charge in [-0.2, -0.15) is 5.26 Å². The number of allylic oxidation sites excluding steroid dienone is 1. The maximum Gasteiger partial charge on any atom is 0.245 e. The molecule has 0 radical (unpaired) electrons. The summed E-state index contributed by atoms with van der Waals surface area (Å²) in [5.41, 5.74) is 5.61. The molecule has 0 aromatic heterocycles. The van der Waals surface area contributed by atoms with Crippen molar-refractivity contribution in [2.45, 2.75) is 33.6 Å². The van der Waals surface area contributed by atoms with Gasteiger partial charge in [0.05, 0.1) is 5.57 Å². The first-order chi connectivity index (χ1) is 13.6. The first-order valence-electron chi connectivity index (χ1n) is 9.25. The number of carbonyl (C=O) groups is 2. The largest absolute Gasteiger partial charge is 0.444 e. The first-order valence-corrected chi connectivity index (χ1v) is 9.25. The van der Waals surface area contributed by atoms with E-state index in [4.69, 9.17) is 10.5 Å². The number of nitrogens with two attached hydrogens (primary N) is 1. The molecular weight excluding hydrogens is 373 g/mol. The second-order valence-corrected chi connectivity index (χ2v) is 8.40. The monoisotopic (exact) mass is 393 g/mol. The molecule has 1 unspecified atom stereocenters. The highest BCUT2D eigenvalue weighted by molar-refractivity contribution is 6.14.